The molecule has 1 atom stereocenters. The van der Waals surface area contributed by atoms with Crippen molar-refractivity contribution in [3.63, 3.8) is 0 Å². The third kappa shape index (κ3) is 4.11. The SMILES string of the molecule is O=C(C1CCN(c2ccc(C(F)(F)F)nc2)C1)N1CCCN(C2CCC2)CC1. The minimum atomic E-state index is -4.43. The normalized spacial score (nSPS) is 24.9. The highest BCUT2D eigenvalue weighted by molar-refractivity contribution is 5.80. The van der Waals surface area contributed by atoms with Crippen LogP contribution in [0.4, 0.5) is 18.9 Å². The number of amides is 1. The number of anilines is 1. The second-order valence-electron chi connectivity index (χ2n) is 8.13. The van der Waals surface area contributed by atoms with Gasteiger partial charge < -0.3 is 9.80 Å². The third-order valence-corrected chi connectivity index (χ3v) is 6.37. The largest absolute Gasteiger partial charge is 0.433 e. The van der Waals surface area contributed by atoms with Gasteiger partial charge in [-0.1, -0.05) is 6.42 Å². The zero-order valence-electron chi connectivity index (χ0n) is 16.0. The Morgan fingerprint density at radius 2 is 1.82 bits per heavy atom. The highest BCUT2D eigenvalue weighted by Crippen LogP contribution is 2.31. The van der Waals surface area contributed by atoms with E-state index < -0.39 is 11.9 Å². The first-order chi connectivity index (χ1) is 13.4. The monoisotopic (exact) mass is 396 g/mol. The molecule has 8 heteroatoms. The van der Waals surface area contributed by atoms with Gasteiger partial charge in [0.25, 0.3) is 0 Å². The predicted molar refractivity (Wildman–Crippen MR) is 100.0 cm³/mol. The van der Waals surface area contributed by atoms with Gasteiger partial charge in [-0.3, -0.25) is 9.69 Å². The molecule has 0 aromatic carbocycles. The van der Waals surface area contributed by atoms with Crippen LogP contribution in [-0.2, 0) is 11.0 Å². The summed E-state index contributed by atoms with van der Waals surface area (Å²) in [4.78, 5) is 23.0. The molecule has 3 heterocycles. The number of aromatic nitrogens is 1. The van der Waals surface area contributed by atoms with Crippen molar-refractivity contribution in [2.75, 3.05) is 44.2 Å². The van der Waals surface area contributed by atoms with Gasteiger partial charge in [0.15, 0.2) is 0 Å². The molecule has 4 rings (SSSR count). The highest BCUT2D eigenvalue weighted by atomic mass is 19.4. The Morgan fingerprint density at radius 3 is 2.46 bits per heavy atom. The van der Waals surface area contributed by atoms with Crippen LogP contribution in [0.15, 0.2) is 18.3 Å². The Balaban J connectivity index is 1.32. The fraction of sp³-hybridized carbons (Fsp3) is 0.700. The summed E-state index contributed by atoms with van der Waals surface area (Å²) >= 11 is 0. The Kier molecular flexibility index (Phi) is 5.49. The van der Waals surface area contributed by atoms with Crippen LogP contribution >= 0.6 is 0 Å². The number of hydrogen-bond donors (Lipinski definition) is 0. The lowest BCUT2D eigenvalue weighted by Crippen LogP contribution is -2.43. The van der Waals surface area contributed by atoms with Gasteiger partial charge in [0.05, 0.1) is 17.8 Å². The Bertz CT molecular complexity index is 690. The maximum atomic E-state index is 13.0. The minimum Gasteiger partial charge on any atom is -0.369 e. The molecule has 3 aliphatic rings. The summed E-state index contributed by atoms with van der Waals surface area (Å²) in [6, 6.07) is 3.17. The van der Waals surface area contributed by atoms with Gasteiger partial charge in [0.1, 0.15) is 5.69 Å². The van der Waals surface area contributed by atoms with Gasteiger partial charge in [-0.25, -0.2) is 4.98 Å². The molecule has 2 saturated heterocycles. The van der Waals surface area contributed by atoms with E-state index in [0.717, 1.165) is 45.1 Å². The van der Waals surface area contributed by atoms with E-state index in [1.54, 1.807) is 0 Å². The van der Waals surface area contributed by atoms with E-state index in [1.165, 1.54) is 31.5 Å². The van der Waals surface area contributed by atoms with Gasteiger partial charge >= 0.3 is 6.18 Å². The lowest BCUT2D eigenvalue weighted by Gasteiger charge is -2.36. The maximum absolute atomic E-state index is 13.0. The van der Waals surface area contributed by atoms with E-state index in [0.29, 0.717) is 24.8 Å². The van der Waals surface area contributed by atoms with Crippen LogP contribution in [0.3, 0.4) is 0 Å². The number of rotatable bonds is 3. The van der Waals surface area contributed by atoms with E-state index in [2.05, 4.69) is 9.88 Å². The molecular weight excluding hydrogens is 369 g/mol. The summed E-state index contributed by atoms with van der Waals surface area (Å²) in [6.07, 6.45) is 2.48. The Labute approximate surface area is 163 Å². The minimum absolute atomic E-state index is 0.0856. The van der Waals surface area contributed by atoms with Gasteiger partial charge in [-0.05, 0) is 37.8 Å². The van der Waals surface area contributed by atoms with Gasteiger partial charge in [0, 0.05) is 45.3 Å². The summed E-state index contributed by atoms with van der Waals surface area (Å²) < 4.78 is 38.0. The molecule has 0 N–H and O–H groups in total. The standard InChI is InChI=1S/C20H27F3N4O/c21-20(22,23)18-6-5-17(13-24-18)27-10-7-15(14-27)19(28)26-9-2-8-25(11-12-26)16-3-1-4-16/h5-6,13,15-16H,1-4,7-12,14H2. The molecule has 1 aromatic rings. The molecule has 1 amide bonds. The van der Waals surface area contributed by atoms with Crippen LogP contribution in [0, 0.1) is 5.92 Å². The third-order valence-electron chi connectivity index (χ3n) is 6.37. The number of pyridine rings is 1. The van der Waals surface area contributed by atoms with Crippen LogP contribution in [0.2, 0.25) is 0 Å². The fourth-order valence-electron chi connectivity index (χ4n) is 4.47. The predicted octanol–water partition coefficient (Wildman–Crippen LogP) is 3.01. The summed E-state index contributed by atoms with van der Waals surface area (Å²) in [5, 5.41) is 0. The van der Waals surface area contributed by atoms with Crippen molar-refractivity contribution in [3.8, 4) is 0 Å². The molecule has 0 bridgehead atoms. The van der Waals surface area contributed by atoms with Crippen LogP contribution in [0.1, 0.15) is 37.8 Å². The van der Waals surface area contributed by atoms with Crippen molar-refractivity contribution >= 4 is 11.6 Å². The van der Waals surface area contributed by atoms with Crippen LogP contribution in [0.5, 0.6) is 0 Å². The molecule has 1 aromatic heterocycles. The zero-order valence-corrected chi connectivity index (χ0v) is 16.0. The molecule has 1 aliphatic carbocycles. The van der Waals surface area contributed by atoms with E-state index in [9.17, 15) is 18.0 Å². The van der Waals surface area contributed by atoms with Crippen molar-refractivity contribution in [1.29, 1.82) is 0 Å². The molecule has 1 unspecified atom stereocenters. The molecule has 3 fully saturated rings. The van der Waals surface area contributed by atoms with Crippen LogP contribution < -0.4 is 4.90 Å². The number of carbonyl (C=O) groups excluding carboxylic acids is 1. The van der Waals surface area contributed by atoms with Crippen LogP contribution in [0.25, 0.3) is 0 Å². The number of hydrogen-bond acceptors (Lipinski definition) is 4. The number of carbonyl (C=O) groups is 1. The molecule has 154 valence electrons. The summed E-state index contributed by atoms with van der Waals surface area (Å²) in [5.41, 5.74) is -0.237. The lowest BCUT2D eigenvalue weighted by molar-refractivity contribution is -0.141. The Morgan fingerprint density at radius 1 is 1.00 bits per heavy atom. The van der Waals surface area contributed by atoms with Crippen molar-refractivity contribution in [3.05, 3.63) is 24.0 Å². The van der Waals surface area contributed by atoms with E-state index in [1.807, 2.05) is 9.80 Å². The second-order valence-corrected chi connectivity index (χ2v) is 8.13. The van der Waals surface area contributed by atoms with Crippen molar-refractivity contribution in [1.82, 2.24) is 14.8 Å². The molecule has 1 saturated carbocycles. The molecule has 0 spiro atoms. The number of nitrogens with zero attached hydrogens (tertiary/aromatic N) is 4. The summed E-state index contributed by atoms with van der Waals surface area (Å²) in [6.45, 7) is 4.84. The summed E-state index contributed by atoms with van der Waals surface area (Å²) in [5.74, 6) is 0.107. The van der Waals surface area contributed by atoms with Crippen molar-refractivity contribution in [2.24, 2.45) is 5.92 Å². The topological polar surface area (TPSA) is 39.7 Å². The second kappa shape index (κ2) is 7.89. The zero-order chi connectivity index (χ0) is 19.7. The molecule has 0 radical (unpaired) electrons. The average Bonchev–Trinajstić information content (AvgIpc) is 3.00. The molecule has 28 heavy (non-hydrogen) atoms. The van der Waals surface area contributed by atoms with Gasteiger partial charge in [0.2, 0.25) is 5.91 Å². The molecule has 5 nitrogen and oxygen atoms in total. The Hall–Kier alpha value is -1.83. The van der Waals surface area contributed by atoms with Crippen molar-refractivity contribution < 1.29 is 18.0 Å². The summed E-state index contributed by atoms with van der Waals surface area (Å²) in [7, 11) is 0. The first-order valence-electron chi connectivity index (χ1n) is 10.2. The van der Waals surface area contributed by atoms with Gasteiger partial charge in [-0.15, -0.1) is 0 Å². The fourth-order valence-corrected chi connectivity index (χ4v) is 4.47. The number of halogens is 3. The van der Waals surface area contributed by atoms with Crippen LogP contribution in [-0.4, -0.2) is 66.0 Å². The smallest absolute Gasteiger partial charge is 0.369 e. The highest BCUT2D eigenvalue weighted by Gasteiger charge is 2.35. The quantitative estimate of drug-likeness (QED) is 0.788. The maximum Gasteiger partial charge on any atom is 0.433 e. The van der Waals surface area contributed by atoms with Crippen molar-refractivity contribution in [2.45, 2.75) is 44.3 Å². The lowest BCUT2D eigenvalue weighted by atomic mass is 9.91. The van der Waals surface area contributed by atoms with Gasteiger partial charge in [-0.2, -0.15) is 13.2 Å². The average molecular weight is 396 g/mol. The first-order valence-corrected chi connectivity index (χ1v) is 10.2. The first kappa shape index (κ1) is 19.5. The van der Waals surface area contributed by atoms with E-state index in [-0.39, 0.29) is 11.8 Å². The van der Waals surface area contributed by atoms with E-state index in [4.69, 9.17) is 0 Å². The molecular formula is C20H27F3N4O. The number of alkyl halides is 3. The molecule has 2 aliphatic heterocycles. The van der Waals surface area contributed by atoms with E-state index >= 15 is 0 Å².